The predicted molar refractivity (Wildman–Crippen MR) is 114 cm³/mol. The molecule has 4 aromatic heterocycles. The van der Waals surface area contributed by atoms with Crippen LogP contribution in [0.3, 0.4) is 0 Å². The first-order valence-corrected chi connectivity index (χ1v) is 9.86. The number of rotatable bonds is 6. The van der Waals surface area contributed by atoms with Crippen molar-refractivity contribution < 1.29 is 23.1 Å². The molecule has 1 atom stereocenters. The van der Waals surface area contributed by atoms with Crippen LogP contribution in [0.25, 0.3) is 33.9 Å². The highest BCUT2D eigenvalue weighted by molar-refractivity contribution is 5.92. The molecule has 1 unspecified atom stereocenters. The molecule has 0 bridgehead atoms. The van der Waals surface area contributed by atoms with Crippen molar-refractivity contribution in [2.24, 2.45) is 5.41 Å². The van der Waals surface area contributed by atoms with E-state index in [0.29, 0.717) is 16.6 Å². The van der Waals surface area contributed by atoms with Gasteiger partial charge in [0.15, 0.2) is 23.2 Å². The van der Waals surface area contributed by atoms with Gasteiger partial charge in [-0.2, -0.15) is 0 Å². The number of carbonyl (C=O) groups is 1. The molecule has 0 aromatic carbocycles. The summed E-state index contributed by atoms with van der Waals surface area (Å²) in [6.07, 6.45) is 3.77. The minimum atomic E-state index is -1.03. The Morgan fingerprint density at radius 1 is 1.31 bits per heavy atom. The molecule has 10 heteroatoms. The Balaban J connectivity index is 1.89. The van der Waals surface area contributed by atoms with Gasteiger partial charge in [-0.3, -0.25) is 4.79 Å². The van der Waals surface area contributed by atoms with Gasteiger partial charge < -0.3 is 19.8 Å². The van der Waals surface area contributed by atoms with E-state index < -0.39 is 29.1 Å². The highest BCUT2D eigenvalue weighted by atomic mass is 19.1. The number of aliphatic carboxylic acids is 1. The molecule has 0 saturated carbocycles. The van der Waals surface area contributed by atoms with Crippen LogP contribution in [0.2, 0.25) is 0 Å². The van der Waals surface area contributed by atoms with Gasteiger partial charge >= 0.3 is 5.97 Å². The number of pyridine rings is 1. The monoisotopic (exact) mass is 441 g/mol. The predicted octanol–water partition coefficient (Wildman–Crippen LogP) is 4.86. The molecule has 0 aliphatic rings. The lowest BCUT2D eigenvalue weighted by molar-refractivity contribution is -0.137. The van der Waals surface area contributed by atoms with Crippen molar-refractivity contribution in [3.63, 3.8) is 0 Å². The molecule has 0 aliphatic carbocycles. The van der Waals surface area contributed by atoms with E-state index in [1.165, 1.54) is 12.3 Å². The van der Waals surface area contributed by atoms with Gasteiger partial charge in [-0.05, 0) is 23.6 Å². The maximum atomic E-state index is 15.4. The number of nitrogens with zero attached hydrogens (tertiary/aromatic N) is 3. The van der Waals surface area contributed by atoms with Crippen molar-refractivity contribution in [1.82, 2.24) is 19.9 Å². The van der Waals surface area contributed by atoms with Crippen LogP contribution in [0.5, 0.6) is 0 Å². The molecule has 4 heterocycles. The normalized spacial score (nSPS) is 12.8. The first-order chi connectivity index (χ1) is 15.1. The van der Waals surface area contributed by atoms with Crippen LogP contribution < -0.4 is 5.32 Å². The number of fused-ring (bicyclic) bond motifs is 1. The number of carboxylic acids is 1. The summed E-state index contributed by atoms with van der Waals surface area (Å²) in [6.45, 7) is 5.53. The summed E-state index contributed by atoms with van der Waals surface area (Å²) in [7, 11) is 0. The van der Waals surface area contributed by atoms with E-state index >= 15 is 4.39 Å². The molecule has 4 rings (SSSR count). The lowest BCUT2D eigenvalue weighted by Gasteiger charge is -2.31. The van der Waals surface area contributed by atoms with Crippen molar-refractivity contribution in [2.45, 2.75) is 33.2 Å². The smallest absolute Gasteiger partial charge is 0.305 e. The minimum Gasteiger partial charge on any atom is -0.481 e. The molecule has 0 fully saturated rings. The maximum Gasteiger partial charge on any atom is 0.305 e. The van der Waals surface area contributed by atoms with Gasteiger partial charge in [-0.1, -0.05) is 20.8 Å². The molecule has 0 spiro atoms. The number of anilines is 1. The first kappa shape index (κ1) is 21.4. The molecule has 166 valence electrons. The summed E-state index contributed by atoms with van der Waals surface area (Å²) in [4.78, 5) is 26.9. The lowest BCUT2D eigenvalue weighted by atomic mass is 9.84. The molecule has 8 nitrogen and oxygen atoms in total. The van der Waals surface area contributed by atoms with E-state index in [-0.39, 0.29) is 29.5 Å². The van der Waals surface area contributed by atoms with Gasteiger partial charge in [-0.25, -0.2) is 23.7 Å². The van der Waals surface area contributed by atoms with Crippen molar-refractivity contribution in [1.29, 1.82) is 0 Å². The van der Waals surface area contributed by atoms with E-state index in [1.807, 2.05) is 20.8 Å². The molecule has 32 heavy (non-hydrogen) atoms. The number of furan rings is 1. The lowest BCUT2D eigenvalue weighted by Crippen LogP contribution is -2.36. The average Bonchev–Trinajstić information content (AvgIpc) is 3.37. The van der Waals surface area contributed by atoms with Gasteiger partial charge in [0.05, 0.1) is 18.9 Å². The Bertz CT molecular complexity index is 1280. The molecule has 0 amide bonds. The standard InChI is InChI=1S/C22H21F2N5O3/c1-22(2,3)15(8-16(30)31)27-21-17(24)18(14-5-4-6-32-14)28-20(29-21)13-10-26-19-12(13)7-11(23)9-25-19/h4-7,9-10,15H,8H2,1-3H3,(H,25,26)(H,30,31)(H,27,28,29). The van der Waals surface area contributed by atoms with Gasteiger partial charge in [0.1, 0.15) is 17.2 Å². The zero-order valence-electron chi connectivity index (χ0n) is 17.6. The summed E-state index contributed by atoms with van der Waals surface area (Å²) < 4.78 is 34.6. The number of aromatic amines is 1. The molecule has 0 saturated heterocycles. The molecule has 0 aliphatic heterocycles. The molecular formula is C22H21F2N5O3. The third-order valence-corrected chi connectivity index (χ3v) is 5.08. The van der Waals surface area contributed by atoms with Crippen LogP contribution >= 0.6 is 0 Å². The Kier molecular flexibility index (Phi) is 5.37. The molecule has 3 N–H and O–H groups in total. The van der Waals surface area contributed by atoms with Crippen LogP contribution in [-0.2, 0) is 4.79 Å². The zero-order valence-corrected chi connectivity index (χ0v) is 17.6. The topological polar surface area (TPSA) is 117 Å². The van der Waals surface area contributed by atoms with Gasteiger partial charge in [-0.15, -0.1) is 0 Å². The fraction of sp³-hybridized carbons (Fsp3) is 0.273. The number of hydrogen-bond donors (Lipinski definition) is 3. The quantitative estimate of drug-likeness (QED) is 0.391. The fourth-order valence-electron chi connectivity index (χ4n) is 3.32. The Hall–Kier alpha value is -3.82. The number of aromatic nitrogens is 4. The van der Waals surface area contributed by atoms with Gasteiger partial charge in [0.2, 0.25) is 0 Å². The summed E-state index contributed by atoms with van der Waals surface area (Å²) in [5.41, 5.74) is 0.202. The van der Waals surface area contributed by atoms with E-state index in [4.69, 9.17) is 4.42 Å². The van der Waals surface area contributed by atoms with Crippen LogP contribution in [0.4, 0.5) is 14.6 Å². The fourth-order valence-corrected chi connectivity index (χ4v) is 3.32. The van der Waals surface area contributed by atoms with E-state index in [1.54, 1.807) is 18.3 Å². The Labute approximate surface area is 181 Å². The van der Waals surface area contributed by atoms with Gasteiger partial charge in [0.25, 0.3) is 0 Å². The van der Waals surface area contributed by atoms with E-state index in [0.717, 1.165) is 6.20 Å². The summed E-state index contributed by atoms with van der Waals surface area (Å²) in [5.74, 6) is -2.27. The van der Waals surface area contributed by atoms with Crippen molar-refractivity contribution in [3.8, 4) is 22.8 Å². The average molecular weight is 441 g/mol. The highest BCUT2D eigenvalue weighted by Crippen LogP contribution is 2.33. The molecule has 0 radical (unpaired) electrons. The summed E-state index contributed by atoms with van der Waals surface area (Å²) >= 11 is 0. The first-order valence-electron chi connectivity index (χ1n) is 9.86. The van der Waals surface area contributed by atoms with E-state index in [2.05, 4.69) is 25.3 Å². The molecule has 4 aromatic rings. The second-order valence-corrected chi connectivity index (χ2v) is 8.45. The number of H-pyrrole nitrogens is 1. The summed E-state index contributed by atoms with van der Waals surface area (Å²) in [5, 5.41) is 12.7. The number of carboxylic acid groups (broad SMARTS) is 1. The van der Waals surface area contributed by atoms with Crippen molar-refractivity contribution in [2.75, 3.05) is 5.32 Å². The number of nitrogens with one attached hydrogen (secondary N) is 2. The summed E-state index contributed by atoms with van der Waals surface area (Å²) in [6, 6.07) is 3.79. The zero-order chi connectivity index (χ0) is 23.0. The molecular weight excluding hydrogens is 420 g/mol. The van der Waals surface area contributed by atoms with E-state index in [9.17, 15) is 14.3 Å². The third kappa shape index (κ3) is 4.16. The largest absolute Gasteiger partial charge is 0.481 e. The minimum absolute atomic E-state index is 0.0990. The van der Waals surface area contributed by atoms with Crippen LogP contribution in [-0.4, -0.2) is 37.1 Å². The Morgan fingerprint density at radius 3 is 2.75 bits per heavy atom. The third-order valence-electron chi connectivity index (χ3n) is 5.08. The number of halogens is 2. The van der Waals surface area contributed by atoms with Crippen LogP contribution in [0, 0.1) is 17.0 Å². The second-order valence-electron chi connectivity index (χ2n) is 8.45. The Morgan fingerprint density at radius 2 is 2.09 bits per heavy atom. The van der Waals surface area contributed by atoms with Gasteiger partial charge in [0, 0.05) is 23.2 Å². The van der Waals surface area contributed by atoms with Crippen LogP contribution in [0.1, 0.15) is 27.2 Å². The second kappa shape index (κ2) is 8.03. The highest BCUT2D eigenvalue weighted by Gasteiger charge is 2.30. The van der Waals surface area contributed by atoms with Crippen molar-refractivity contribution >= 4 is 22.8 Å². The maximum absolute atomic E-state index is 15.4. The van der Waals surface area contributed by atoms with Crippen LogP contribution in [0.15, 0.2) is 41.3 Å². The number of hydrogen-bond acceptors (Lipinski definition) is 6. The SMILES string of the molecule is CC(C)(C)C(CC(=O)O)Nc1nc(-c2c[nH]c3ncc(F)cc23)nc(-c2ccco2)c1F. The van der Waals surface area contributed by atoms with Crippen molar-refractivity contribution in [3.05, 3.63) is 48.5 Å².